The molecule has 12 heavy (non-hydrogen) atoms. The van der Waals surface area contributed by atoms with E-state index in [1.165, 1.54) is 30.4 Å². The Kier molecular flexibility index (Phi) is 3.13. The van der Waals surface area contributed by atoms with Gasteiger partial charge in [0.15, 0.2) is 0 Å². The lowest BCUT2D eigenvalue weighted by Gasteiger charge is -2.32. The first-order valence-corrected chi connectivity index (χ1v) is 4.99. The summed E-state index contributed by atoms with van der Waals surface area (Å²) in [5.41, 5.74) is 2.78. The highest BCUT2D eigenvalue weighted by Crippen LogP contribution is 2.37. The molecule has 68 valence electrons. The van der Waals surface area contributed by atoms with Crippen molar-refractivity contribution in [3.8, 4) is 0 Å². The summed E-state index contributed by atoms with van der Waals surface area (Å²) in [4.78, 5) is 0. The van der Waals surface area contributed by atoms with Crippen LogP contribution in [0, 0.1) is 11.8 Å². The molecule has 0 aromatic carbocycles. The van der Waals surface area contributed by atoms with Crippen LogP contribution in [0.15, 0.2) is 24.3 Å². The van der Waals surface area contributed by atoms with Crippen LogP contribution < -0.4 is 0 Å². The fraction of sp³-hybridized carbons (Fsp3) is 0.667. The molecule has 1 rings (SSSR count). The van der Waals surface area contributed by atoms with Crippen LogP contribution in [0.25, 0.3) is 0 Å². The van der Waals surface area contributed by atoms with Crippen molar-refractivity contribution in [1.82, 2.24) is 0 Å². The molecule has 0 heteroatoms. The van der Waals surface area contributed by atoms with Crippen LogP contribution in [0.3, 0.4) is 0 Å². The first kappa shape index (κ1) is 9.57. The molecule has 1 saturated carbocycles. The number of hydrogen-bond acceptors (Lipinski definition) is 0. The summed E-state index contributed by atoms with van der Waals surface area (Å²) in [6.45, 7) is 12.8. The van der Waals surface area contributed by atoms with E-state index in [1.54, 1.807) is 0 Å². The van der Waals surface area contributed by atoms with E-state index >= 15 is 0 Å². The third kappa shape index (κ3) is 2.00. The molecule has 1 fully saturated rings. The molecular weight excluding hydrogens is 144 g/mol. The molecule has 0 aromatic heterocycles. The Morgan fingerprint density at radius 1 is 1.42 bits per heavy atom. The van der Waals surface area contributed by atoms with Gasteiger partial charge in [-0.2, -0.15) is 0 Å². The molecule has 0 nitrogen and oxygen atoms in total. The SMILES string of the molecule is C=C1CC(=C)[C@H](C)[C@H](CCC)C1. The molecule has 0 aliphatic heterocycles. The van der Waals surface area contributed by atoms with Crippen molar-refractivity contribution in [2.24, 2.45) is 11.8 Å². The van der Waals surface area contributed by atoms with Crippen LogP contribution in [-0.2, 0) is 0 Å². The molecule has 1 aliphatic rings. The van der Waals surface area contributed by atoms with Gasteiger partial charge in [0.05, 0.1) is 0 Å². The Bertz CT molecular complexity index is 188. The van der Waals surface area contributed by atoms with Crippen molar-refractivity contribution in [3.63, 3.8) is 0 Å². The quantitative estimate of drug-likeness (QED) is 0.542. The largest absolute Gasteiger partial charge is 0.0995 e. The number of rotatable bonds is 2. The van der Waals surface area contributed by atoms with Crippen molar-refractivity contribution >= 4 is 0 Å². The van der Waals surface area contributed by atoms with Crippen molar-refractivity contribution in [3.05, 3.63) is 24.3 Å². The molecule has 0 heterocycles. The van der Waals surface area contributed by atoms with Crippen molar-refractivity contribution < 1.29 is 0 Å². The lowest BCUT2D eigenvalue weighted by atomic mass is 9.74. The minimum Gasteiger partial charge on any atom is -0.0995 e. The normalized spacial score (nSPS) is 30.8. The molecule has 0 N–H and O–H groups in total. The van der Waals surface area contributed by atoms with Gasteiger partial charge in [-0.15, -0.1) is 0 Å². The van der Waals surface area contributed by atoms with E-state index < -0.39 is 0 Å². The smallest absolute Gasteiger partial charge is 0.0111 e. The average Bonchev–Trinajstić information content (AvgIpc) is 2.00. The van der Waals surface area contributed by atoms with Gasteiger partial charge in [0.1, 0.15) is 0 Å². The van der Waals surface area contributed by atoms with E-state index in [2.05, 4.69) is 27.0 Å². The van der Waals surface area contributed by atoms with Gasteiger partial charge in [-0.3, -0.25) is 0 Å². The van der Waals surface area contributed by atoms with Gasteiger partial charge >= 0.3 is 0 Å². The van der Waals surface area contributed by atoms with Crippen LogP contribution in [0.2, 0.25) is 0 Å². The topological polar surface area (TPSA) is 0 Å². The summed E-state index contributed by atoms with van der Waals surface area (Å²) in [6.07, 6.45) is 4.92. The van der Waals surface area contributed by atoms with E-state index in [-0.39, 0.29) is 0 Å². The molecule has 0 amide bonds. The lowest BCUT2D eigenvalue weighted by Crippen LogP contribution is -2.19. The zero-order valence-electron chi connectivity index (χ0n) is 8.40. The van der Waals surface area contributed by atoms with Gasteiger partial charge in [-0.25, -0.2) is 0 Å². The monoisotopic (exact) mass is 164 g/mol. The second-order valence-corrected chi connectivity index (χ2v) is 4.13. The zero-order valence-corrected chi connectivity index (χ0v) is 8.40. The minimum absolute atomic E-state index is 0.718. The molecule has 0 spiro atoms. The standard InChI is InChI=1S/C12H20/c1-5-6-12-8-9(2)7-10(3)11(12)4/h11-12H,2-3,5-8H2,1,4H3/t11-,12+/m0/s1. The summed E-state index contributed by atoms with van der Waals surface area (Å²) in [6, 6.07) is 0. The molecule has 0 radical (unpaired) electrons. The molecule has 1 aliphatic carbocycles. The maximum absolute atomic E-state index is 4.12. The third-order valence-corrected chi connectivity index (χ3v) is 3.04. The molecule has 0 aromatic rings. The Balaban J connectivity index is 2.59. The first-order valence-electron chi connectivity index (χ1n) is 4.99. The highest BCUT2D eigenvalue weighted by molar-refractivity contribution is 5.18. The van der Waals surface area contributed by atoms with Crippen LogP contribution in [0.4, 0.5) is 0 Å². The van der Waals surface area contributed by atoms with Crippen LogP contribution in [0.5, 0.6) is 0 Å². The van der Waals surface area contributed by atoms with Gasteiger partial charge in [0.25, 0.3) is 0 Å². The van der Waals surface area contributed by atoms with E-state index in [0.717, 1.165) is 18.3 Å². The summed E-state index contributed by atoms with van der Waals surface area (Å²) >= 11 is 0. The number of hydrogen-bond donors (Lipinski definition) is 0. The minimum atomic E-state index is 0.718. The Morgan fingerprint density at radius 2 is 2.08 bits per heavy atom. The first-order chi connectivity index (χ1) is 5.65. The summed E-state index contributed by atoms with van der Waals surface area (Å²) < 4.78 is 0. The number of allylic oxidation sites excluding steroid dienone is 2. The molecule has 2 atom stereocenters. The van der Waals surface area contributed by atoms with Gasteiger partial charge < -0.3 is 0 Å². The second-order valence-electron chi connectivity index (χ2n) is 4.13. The second kappa shape index (κ2) is 3.93. The Morgan fingerprint density at radius 3 is 2.67 bits per heavy atom. The predicted octanol–water partition coefficient (Wildman–Crippen LogP) is 3.95. The van der Waals surface area contributed by atoms with E-state index in [9.17, 15) is 0 Å². The highest BCUT2D eigenvalue weighted by atomic mass is 14.3. The van der Waals surface area contributed by atoms with Crippen LogP contribution >= 0.6 is 0 Å². The maximum Gasteiger partial charge on any atom is -0.0111 e. The van der Waals surface area contributed by atoms with E-state index in [1.807, 2.05) is 0 Å². The Hall–Kier alpha value is -0.520. The van der Waals surface area contributed by atoms with Crippen LogP contribution in [-0.4, -0.2) is 0 Å². The van der Waals surface area contributed by atoms with E-state index in [4.69, 9.17) is 0 Å². The van der Waals surface area contributed by atoms with Crippen molar-refractivity contribution in [1.29, 1.82) is 0 Å². The fourth-order valence-electron chi connectivity index (χ4n) is 2.16. The molecule has 0 unspecified atom stereocenters. The lowest BCUT2D eigenvalue weighted by molar-refractivity contribution is 0.342. The third-order valence-electron chi connectivity index (χ3n) is 3.04. The van der Waals surface area contributed by atoms with Crippen molar-refractivity contribution in [2.45, 2.75) is 39.5 Å². The zero-order chi connectivity index (χ0) is 9.14. The summed E-state index contributed by atoms with van der Waals surface area (Å²) in [5, 5.41) is 0. The molecular formula is C12H20. The van der Waals surface area contributed by atoms with Gasteiger partial charge in [0.2, 0.25) is 0 Å². The van der Waals surface area contributed by atoms with Gasteiger partial charge in [-0.1, -0.05) is 44.6 Å². The van der Waals surface area contributed by atoms with Gasteiger partial charge in [-0.05, 0) is 31.1 Å². The molecule has 0 bridgehead atoms. The summed E-state index contributed by atoms with van der Waals surface area (Å²) in [7, 11) is 0. The van der Waals surface area contributed by atoms with Crippen LogP contribution in [0.1, 0.15) is 39.5 Å². The summed E-state index contributed by atoms with van der Waals surface area (Å²) in [5.74, 6) is 1.54. The maximum atomic E-state index is 4.12. The Labute approximate surface area is 76.4 Å². The van der Waals surface area contributed by atoms with Gasteiger partial charge in [0, 0.05) is 0 Å². The predicted molar refractivity (Wildman–Crippen MR) is 55.1 cm³/mol. The highest BCUT2D eigenvalue weighted by Gasteiger charge is 2.24. The van der Waals surface area contributed by atoms with E-state index in [0.29, 0.717) is 0 Å². The fourth-order valence-corrected chi connectivity index (χ4v) is 2.16. The molecule has 0 saturated heterocycles. The van der Waals surface area contributed by atoms with Crippen molar-refractivity contribution in [2.75, 3.05) is 0 Å². The average molecular weight is 164 g/mol.